The van der Waals surface area contributed by atoms with Gasteiger partial charge in [-0.2, -0.15) is 0 Å². The monoisotopic (exact) mass is 264 g/mol. The summed E-state index contributed by atoms with van der Waals surface area (Å²) in [5, 5.41) is 2.42. The van der Waals surface area contributed by atoms with E-state index in [-0.39, 0.29) is 0 Å². The third-order valence-corrected chi connectivity index (χ3v) is 4.20. The van der Waals surface area contributed by atoms with E-state index in [1.165, 1.54) is 17.7 Å². The first-order valence-electron chi connectivity index (χ1n) is 7.38. The minimum atomic E-state index is 0.614. The van der Waals surface area contributed by atoms with Crippen LogP contribution in [0.15, 0.2) is 18.2 Å². The van der Waals surface area contributed by atoms with Crippen LogP contribution in [0.4, 0.5) is 0 Å². The average Bonchev–Trinajstić information content (AvgIpc) is 2.48. The molecule has 1 aromatic carbocycles. The molecule has 0 amide bonds. The Labute approximate surface area is 114 Å². The lowest BCUT2D eigenvalue weighted by Crippen LogP contribution is -3.17. The zero-order valence-electron chi connectivity index (χ0n) is 11.7. The molecule has 0 spiro atoms. The van der Waals surface area contributed by atoms with Crippen molar-refractivity contribution in [3.05, 3.63) is 29.3 Å². The average molecular weight is 264 g/mol. The Morgan fingerprint density at radius 2 is 2.21 bits per heavy atom. The quantitative estimate of drug-likeness (QED) is 0.744. The number of rotatable bonds is 3. The second-order valence-electron chi connectivity index (χ2n) is 5.35. The van der Waals surface area contributed by atoms with E-state index in [0.717, 1.165) is 45.2 Å². The lowest BCUT2D eigenvalue weighted by molar-refractivity contribution is -0.954. The predicted molar refractivity (Wildman–Crippen MR) is 72.4 cm³/mol. The second kappa shape index (κ2) is 5.90. The number of ether oxygens (including phenoxy) is 2. The molecule has 104 valence electrons. The Hall–Kier alpha value is -1.10. The van der Waals surface area contributed by atoms with Crippen LogP contribution in [0.5, 0.6) is 5.75 Å². The first-order valence-corrected chi connectivity index (χ1v) is 7.38. The molecule has 1 atom stereocenters. The molecule has 4 nitrogen and oxygen atoms in total. The van der Waals surface area contributed by atoms with Crippen LogP contribution in [-0.2, 0) is 11.3 Å². The van der Waals surface area contributed by atoms with Crippen molar-refractivity contribution in [3.8, 4) is 5.75 Å². The Balaban J connectivity index is 1.82. The topological polar surface area (TPSA) is 39.5 Å². The van der Waals surface area contributed by atoms with Crippen LogP contribution in [0.2, 0.25) is 0 Å². The van der Waals surface area contributed by atoms with Crippen molar-refractivity contribution in [1.29, 1.82) is 0 Å². The summed E-state index contributed by atoms with van der Waals surface area (Å²) in [7, 11) is 0. The Kier molecular flexibility index (Phi) is 4.01. The molecule has 0 aromatic heterocycles. The highest BCUT2D eigenvalue weighted by atomic mass is 16.5. The summed E-state index contributed by atoms with van der Waals surface area (Å²) in [6, 6.07) is 7.24. The van der Waals surface area contributed by atoms with Crippen LogP contribution in [0, 0.1) is 0 Å². The number of hydrogen-bond acceptors (Lipinski definition) is 2. The lowest BCUT2D eigenvalue weighted by atomic mass is 9.95. The van der Waals surface area contributed by atoms with Gasteiger partial charge in [-0.1, -0.05) is 0 Å². The maximum absolute atomic E-state index is 5.61. The zero-order valence-corrected chi connectivity index (χ0v) is 11.7. The van der Waals surface area contributed by atoms with E-state index < -0.39 is 0 Å². The fourth-order valence-electron chi connectivity index (χ4n) is 3.26. The summed E-state index contributed by atoms with van der Waals surface area (Å²) in [5.74, 6) is 1.01. The fraction of sp³-hybridized carbons (Fsp3) is 0.600. The van der Waals surface area contributed by atoms with Gasteiger partial charge in [0.15, 0.2) is 6.04 Å². The van der Waals surface area contributed by atoms with E-state index in [1.54, 1.807) is 4.90 Å². The number of nitrogens with one attached hydrogen (secondary N) is 1. The van der Waals surface area contributed by atoms with Gasteiger partial charge in [-0.15, -0.1) is 0 Å². The van der Waals surface area contributed by atoms with Gasteiger partial charge < -0.3 is 19.7 Å². The number of nitrogens with two attached hydrogens (primary N) is 1. The van der Waals surface area contributed by atoms with E-state index in [4.69, 9.17) is 9.47 Å². The Morgan fingerprint density at radius 1 is 1.37 bits per heavy atom. The van der Waals surface area contributed by atoms with Gasteiger partial charge in [0.2, 0.25) is 0 Å². The first kappa shape index (κ1) is 12.9. The molecule has 1 fully saturated rings. The molecule has 3 N–H and O–H groups in total. The number of quaternary nitrogens is 2. The molecule has 19 heavy (non-hydrogen) atoms. The molecule has 1 saturated heterocycles. The van der Waals surface area contributed by atoms with Gasteiger partial charge in [0.1, 0.15) is 31.9 Å². The largest absolute Gasteiger partial charge is 0.494 e. The number of fused-ring (bicyclic) bond motifs is 1. The fourth-order valence-corrected chi connectivity index (χ4v) is 3.26. The van der Waals surface area contributed by atoms with Crippen molar-refractivity contribution in [3.63, 3.8) is 0 Å². The van der Waals surface area contributed by atoms with Crippen molar-refractivity contribution >= 4 is 0 Å². The van der Waals surface area contributed by atoms with Crippen molar-refractivity contribution in [2.45, 2.75) is 19.5 Å². The van der Waals surface area contributed by atoms with Crippen molar-refractivity contribution < 1.29 is 19.7 Å². The lowest BCUT2D eigenvalue weighted by Gasteiger charge is -2.33. The minimum Gasteiger partial charge on any atom is -0.494 e. The molecule has 2 heterocycles. The predicted octanol–water partition coefficient (Wildman–Crippen LogP) is -0.881. The number of morpholine rings is 1. The van der Waals surface area contributed by atoms with Gasteiger partial charge in [-0.25, -0.2) is 0 Å². The summed E-state index contributed by atoms with van der Waals surface area (Å²) in [4.78, 5) is 1.67. The van der Waals surface area contributed by atoms with Crippen molar-refractivity contribution in [1.82, 2.24) is 0 Å². The molecule has 0 radical (unpaired) electrons. The summed E-state index contributed by atoms with van der Waals surface area (Å²) in [5.41, 5.74) is 2.96. The molecule has 0 aliphatic carbocycles. The minimum absolute atomic E-state index is 0.614. The van der Waals surface area contributed by atoms with Crippen LogP contribution in [-0.4, -0.2) is 39.5 Å². The smallest absolute Gasteiger partial charge is 0.163 e. The molecule has 4 heteroatoms. The molecule has 0 saturated carbocycles. The maximum atomic E-state index is 5.61. The highest BCUT2D eigenvalue weighted by Gasteiger charge is 2.32. The van der Waals surface area contributed by atoms with Crippen LogP contribution in [0.25, 0.3) is 0 Å². The molecule has 1 aromatic rings. The normalized spacial score (nSPS) is 23.9. The third kappa shape index (κ3) is 2.76. The summed E-state index contributed by atoms with van der Waals surface area (Å²) >= 11 is 0. The van der Waals surface area contributed by atoms with E-state index >= 15 is 0 Å². The van der Waals surface area contributed by atoms with Gasteiger partial charge in [0.05, 0.1) is 19.8 Å². The number of hydrogen-bond donors (Lipinski definition) is 2. The molecular formula is C15H24N2O2+2. The molecule has 2 aliphatic heterocycles. The maximum Gasteiger partial charge on any atom is 0.163 e. The van der Waals surface area contributed by atoms with Gasteiger partial charge in [0, 0.05) is 11.1 Å². The zero-order chi connectivity index (χ0) is 13.1. The first-order chi connectivity index (χ1) is 9.38. The Morgan fingerprint density at radius 3 is 3.00 bits per heavy atom. The van der Waals surface area contributed by atoms with Crippen LogP contribution in [0.3, 0.4) is 0 Å². The molecule has 0 bridgehead atoms. The highest BCUT2D eigenvalue weighted by Crippen LogP contribution is 2.23. The molecular weight excluding hydrogens is 240 g/mol. The van der Waals surface area contributed by atoms with Gasteiger partial charge >= 0.3 is 0 Å². The van der Waals surface area contributed by atoms with E-state index in [9.17, 15) is 0 Å². The van der Waals surface area contributed by atoms with Crippen LogP contribution >= 0.6 is 0 Å². The van der Waals surface area contributed by atoms with E-state index in [1.807, 2.05) is 6.92 Å². The second-order valence-corrected chi connectivity index (χ2v) is 5.35. The highest BCUT2D eigenvalue weighted by molar-refractivity contribution is 5.37. The van der Waals surface area contributed by atoms with Gasteiger partial charge in [-0.3, -0.25) is 0 Å². The van der Waals surface area contributed by atoms with Crippen molar-refractivity contribution in [2.24, 2.45) is 0 Å². The van der Waals surface area contributed by atoms with E-state index in [0.29, 0.717) is 6.04 Å². The molecule has 0 unspecified atom stereocenters. The van der Waals surface area contributed by atoms with Crippen molar-refractivity contribution in [2.75, 3.05) is 39.5 Å². The number of benzene rings is 1. The van der Waals surface area contributed by atoms with Gasteiger partial charge in [0.25, 0.3) is 0 Å². The molecule has 2 aliphatic rings. The third-order valence-electron chi connectivity index (χ3n) is 4.20. The summed E-state index contributed by atoms with van der Waals surface area (Å²) < 4.78 is 11.1. The van der Waals surface area contributed by atoms with Crippen LogP contribution in [0.1, 0.15) is 24.1 Å². The van der Waals surface area contributed by atoms with E-state index in [2.05, 4.69) is 23.5 Å². The van der Waals surface area contributed by atoms with Crippen LogP contribution < -0.4 is 15.0 Å². The van der Waals surface area contributed by atoms with Gasteiger partial charge in [-0.05, 0) is 25.1 Å². The SMILES string of the molecule is CCOc1ccc2c(c1)C[NH2+]C[C@@H]2[NH+]1CCOCC1. The Bertz CT molecular complexity index is 430. The summed E-state index contributed by atoms with van der Waals surface area (Å²) in [6.07, 6.45) is 0. The summed E-state index contributed by atoms with van der Waals surface area (Å²) in [6.45, 7) is 9.10. The molecule has 3 rings (SSSR count). The standard InChI is InChI=1S/C15H22N2O2/c1-2-19-13-3-4-14-12(9-13)10-16-11-15(14)17-5-7-18-8-6-17/h3-4,9,15-16H,2,5-8,10-11H2,1H3/p+2/t15-/m0/s1.